The molecule has 7 nitrogen and oxygen atoms in total. The van der Waals surface area contributed by atoms with Crippen molar-refractivity contribution < 1.29 is 17.9 Å². The van der Waals surface area contributed by atoms with Crippen LogP contribution in [-0.4, -0.2) is 63.8 Å². The van der Waals surface area contributed by atoms with Crippen LogP contribution in [0.4, 0.5) is 5.13 Å². The summed E-state index contributed by atoms with van der Waals surface area (Å²) >= 11 is 1.41. The number of anilines is 1. The highest BCUT2D eigenvalue weighted by Gasteiger charge is 2.23. The molecule has 0 atom stereocenters. The Labute approximate surface area is 199 Å². The highest BCUT2D eigenvalue weighted by molar-refractivity contribution is 7.91. The summed E-state index contributed by atoms with van der Waals surface area (Å²) in [5.74, 6) is 0.461. The second-order valence-corrected chi connectivity index (χ2v) is 10.5. The fraction of sp³-hybridized carbons (Fsp3) is 0.364. The lowest BCUT2D eigenvalue weighted by molar-refractivity contribution is 0.0985. The van der Waals surface area contributed by atoms with Crippen LogP contribution in [0, 0.1) is 0 Å². The molecule has 0 saturated carbocycles. The third-order valence-corrected chi connectivity index (χ3v) is 7.50. The van der Waals surface area contributed by atoms with Gasteiger partial charge in [-0.2, -0.15) is 0 Å². The van der Waals surface area contributed by atoms with Gasteiger partial charge in [0.2, 0.25) is 0 Å². The standard InChI is InChI=1S/C22H27N3O4S2.ClH/c1-5-29-17-10-11-19-20(15-17)30-22(23-19)25(13-12-24(3)4)21(26)16-8-7-9-18(14-16)31(27,28)6-2;/h7-11,14-15H,5-6,12-13H2,1-4H3;1H. The summed E-state index contributed by atoms with van der Waals surface area (Å²) in [5.41, 5.74) is 1.11. The number of carbonyl (C=O) groups is 1. The molecule has 0 bridgehead atoms. The number of carbonyl (C=O) groups excluding carboxylic acids is 1. The molecule has 174 valence electrons. The second-order valence-electron chi connectivity index (χ2n) is 7.25. The number of ether oxygens (including phenoxy) is 1. The summed E-state index contributed by atoms with van der Waals surface area (Å²) in [5, 5.41) is 0.569. The molecule has 0 aliphatic rings. The van der Waals surface area contributed by atoms with Gasteiger partial charge in [0, 0.05) is 18.7 Å². The molecule has 0 N–H and O–H groups in total. The maximum Gasteiger partial charge on any atom is 0.260 e. The Hall–Kier alpha value is -2.20. The van der Waals surface area contributed by atoms with Gasteiger partial charge in [0.1, 0.15) is 5.75 Å². The first kappa shape index (κ1) is 26.1. The normalized spacial score (nSPS) is 11.4. The van der Waals surface area contributed by atoms with Crippen LogP contribution < -0.4 is 9.64 Å². The largest absolute Gasteiger partial charge is 0.494 e. The van der Waals surface area contributed by atoms with Crippen LogP contribution in [0.5, 0.6) is 5.75 Å². The van der Waals surface area contributed by atoms with Crippen LogP contribution in [0.15, 0.2) is 47.4 Å². The van der Waals surface area contributed by atoms with Crippen molar-refractivity contribution in [2.24, 2.45) is 0 Å². The monoisotopic (exact) mass is 497 g/mol. The topological polar surface area (TPSA) is 79.8 Å². The molecule has 1 heterocycles. The SMILES string of the molecule is CCOc1ccc2nc(N(CCN(C)C)C(=O)c3cccc(S(=O)(=O)CC)c3)sc2c1.Cl. The van der Waals surface area contributed by atoms with Crippen LogP contribution in [0.3, 0.4) is 0 Å². The lowest BCUT2D eigenvalue weighted by Gasteiger charge is -2.22. The summed E-state index contributed by atoms with van der Waals surface area (Å²) in [4.78, 5) is 21.8. The number of thiazole rings is 1. The van der Waals surface area contributed by atoms with E-state index in [4.69, 9.17) is 4.74 Å². The minimum atomic E-state index is -3.41. The number of aromatic nitrogens is 1. The van der Waals surface area contributed by atoms with Crippen molar-refractivity contribution in [2.75, 3.05) is 44.4 Å². The minimum Gasteiger partial charge on any atom is -0.494 e. The van der Waals surface area contributed by atoms with E-state index in [1.54, 1.807) is 24.0 Å². The number of nitrogens with zero attached hydrogens (tertiary/aromatic N) is 3. The van der Waals surface area contributed by atoms with E-state index in [1.807, 2.05) is 44.1 Å². The van der Waals surface area contributed by atoms with E-state index in [1.165, 1.54) is 23.5 Å². The van der Waals surface area contributed by atoms with Gasteiger partial charge < -0.3 is 9.64 Å². The van der Waals surface area contributed by atoms with Crippen molar-refractivity contribution in [2.45, 2.75) is 18.7 Å². The molecular weight excluding hydrogens is 470 g/mol. The van der Waals surface area contributed by atoms with Gasteiger partial charge in [0.25, 0.3) is 5.91 Å². The maximum absolute atomic E-state index is 13.4. The summed E-state index contributed by atoms with van der Waals surface area (Å²) in [6.07, 6.45) is 0. The molecular formula is C22H28ClN3O4S2. The van der Waals surface area contributed by atoms with E-state index in [2.05, 4.69) is 4.98 Å². The van der Waals surface area contributed by atoms with Crippen molar-refractivity contribution >= 4 is 54.8 Å². The van der Waals surface area contributed by atoms with Gasteiger partial charge in [-0.05, 0) is 57.4 Å². The number of likely N-dealkylation sites (N-methyl/N-ethyl adjacent to an activating group) is 1. The van der Waals surface area contributed by atoms with Crippen molar-refractivity contribution in [3.8, 4) is 5.75 Å². The Morgan fingerprint density at radius 3 is 2.50 bits per heavy atom. The molecule has 0 aliphatic carbocycles. The van der Waals surface area contributed by atoms with Gasteiger partial charge in [-0.25, -0.2) is 13.4 Å². The van der Waals surface area contributed by atoms with E-state index in [0.717, 1.165) is 16.0 Å². The lowest BCUT2D eigenvalue weighted by atomic mass is 10.2. The van der Waals surface area contributed by atoms with Crippen molar-refractivity contribution in [1.82, 2.24) is 9.88 Å². The molecule has 2 aromatic carbocycles. The first-order chi connectivity index (χ1) is 14.7. The molecule has 32 heavy (non-hydrogen) atoms. The van der Waals surface area contributed by atoms with Crippen LogP contribution in [0.25, 0.3) is 10.2 Å². The van der Waals surface area contributed by atoms with Crippen LogP contribution in [-0.2, 0) is 9.84 Å². The smallest absolute Gasteiger partial charge is 0.260 e. The minimum absolute atomic E-state index is 0. The number of benzene rings is 2. The van der Waals surface area contributed by atoms with Crippen molar-refractivity contribution in [3.05, 3.63) is 48.0 Å². The van der Waals surface area contributed by atoms with E-state index in [0.29, 0.717) is 30.4 Å². The Balaban J connectivity index is 0.00000363. The molecule has 0 saturated heterocycles. The highest BCUT2D eigenvalue weighted by atomic mass is 35.5. The Morgan fingerprint density at radius 1 is 1.09 bits per heavy atom. The maximum atomic E-state index is 13.4. The van der Waals surface area contributed by atoms with E-state index in [-0.39, 0.29) is 29.0 Å². The molecule has 0 aliphatic heterocycles. The molecule has 3 rings (SSSR count). The van der Waals surface area contributed by atoms with Crippen LogP contribution in [0.1, 0.15) is 24.2 Å². The Bertz CT molecular complexity index is 1180. The average molecular weight is 498 g/mol. The summed E-state index contributed by atoms with van der Waals surface area (Å²) in [7, 11) is 0.462. The molecule has 0 radical (unpaired) electrons. The molecule has 1 amide bonds. The van der Waals surface area contributed by atoms with Gasteiger partial charge >= 0.3 is 0 Å². The van der Waals surface area contributed by atoms with Crippen LogP contribution in [0.2, 0.25) is 0 Å². The molecule has 3 aromatic rings. The molecule has 0 spiro atoms. The fourth-order valence-corrected chi connectivity index (χ4v) is 4.94. The predicted octanol–water partition coefficient (Wildman–Crippen LogP) is 4.12. The quantitative estimate of drug-likeness (QED) is 0.442. The Kier molecular flexibility index (Phi) is 9.03. The van der Waals surface area contributed by atoms with Gasteiger partial charge in [-0.3, -0.25) is 9.69 Å². The van der Waals surface area contributed by atoms with E-state index in [9.17, 15) is 13.2 Å². The average Bonchev–Trinajstić information content (AvgIpc) is 3.17. The number of sulfone groups is 1. The molecule has 0 fully saturated rings. The van der Waals surface area contributed by atoms with Gasteiger partial charge in [-0.1, -0.05) is 24.3 Å². The number of hydrogen-bond donors (Lipinski definition) is 0. The van der Waals surface area contributed by atoms with E-state index < -0.39 is 9.84 Å². The number of fused-ring (bicyclic) bond motifs is 1. The first-order valence-corrected chi connectivity index (χ1v) is 12.5. The second kappa shape index (κ2) is 11.1. The van der Waals surface area contributed by atoms with Crippen LogP contribution >= 0.6 is 23.7 Å². The number of halogens is 1. The highest BCUT2D eigenvalue weighted by Crippen LogP contribution is 2.32. The summed E-state index contributed by atoms with van der Waals surface area (Å²) < 4.78 is 31.1. The van der Waals surface area contributed by atoms with E-state index >= 15 is 0 Å². The zero-order valence-corrected chi connectivity index (χ0v) is 21.0. The Morgan fingerprint density at radius 2 is 1.84 bits per heavy atom. The number of rotatable bonds is 9. The van der Waals surface area contributed by atoms with Gasteiger partial charge in [-0.15, -0.1) is 12.4 Å². The summed E-state index contributed by atoms with van der Waals surface area (Å²) in [6.45, 7) is 5.15. The number of amides is 1. The molecule has 1 aromatic heterocycles. The van der Waals surface area contributed by atoms with Crippen molar-refractivity contribution in [3.63, 3.8) is 0 Å². The third kappa shape index (κ3) is 5.98. The number of hydrogen-bond acceptors (Lipinski definition) is 7. The molecule has 0 unspecified atom stereocenters. The summed E-state index contributed by atoms with van der Waals surface area (Å²) in [6, 6.07) is 11.9. The van der Waals surface area contributed by atoms with Gasteiger partial charge in [0.15, 0.2) is 15.0 Å². The van der Waals surface area contributed by atoms with Gasteiger partial charge in [0.05, 0.1) is 27.5 Å². The lowest BCUT2D eigenvalue weighted by Crippen LogP contribution is -2.36. The van der Waals surface area contributed by atoms with Crippen molar-refractivity contribution in [1.29, 1.82) is 0 Å². The third-order valence-electron chi connectivity index (χ3n) is 4.73. The zero-order valence-electron chi connectivity index (χ0n) is 18.6. The zero-order chi connectivity index (χ0) is 22.6. The predicted molar refractivity (Wildman–Crippen MR) is 132 cm³/mol. The first-order valence-electron chi connectivity index (χ1n) is 10.1. The molecule has 10 heteroatoms. The fourth-order valence-electron chi connectivity index (χ4n) is 2.99.